The highest BCUT2D eigenvalue weighted by Gasteiger charge is 2.14. The molecule has 0 radical (unpaired) electrons. The molecular formula is C23H31N7O3. The van der Waals surface area contributed by atoms with Gasteiger partial charge in [0.1, 0.15) is 5.75 Å². The molecule has 0 saturated carbocycles. The van der Waals surface area contributed by atoms with E-state index in [4.69, 9.17) is 19.9 Å². The minimum absolute atomic E-state index is 0.149. The van der Waals surface area contributed by atoms with Crippen molar-refractivity contribution < 1.29 is 14.2 Å². The van der Waals surface area contributed by atoms with Crippen LogP contribution < -0.4 is 15.8 Å². The summed E-state index contributed by atoms with van der Waals surface area (Å²) in [6.07, 6.45) is 3.73. The van der Waals surface area contributed by atoms with Crippen molar-refractivity contribution in [3.63, 3.8) is 0 Å². The first-order chi connectivity index (χ1) is 16.2. The fourth-order valence-electron chi connectivity index (χ4n) is 3.70. The number of nitrogens with one attached hydrogen (secondary N) is 1. The quantitative estimate of drug-likeness (QED) is 0.329. The van der Waals surface area contributed by atoms with Crippen molar-refractivity contribution in [2.75, 3.05) is 65.6 Å². The molecule has 3 N–H and O–H groups in total. The normalized spacial score (nSPS) is 14.5. The lowest BCUT2D eigenvalue weighted by Crippen LogP contribution is -2.44. The fourth-order valence-corrected chi connectivity index (χ4v) is 3.70. The van der Waals surface area contributed by atoms with Gasteiger partial charge in [-0.25, -0.2) is 0 Å². The van der Waals surface area contributed by atoms with Crippen molar-refractivity contribution >= 4 is 5.82 Å². The molecule has 0 aliphatic carbocycles. The van der Waals surface area contributed by atoms with Crippen molar-refractivity contribution in [3.8, 4) is 28.1 Å². The van der Waals surface area contributed by atoms with Crippen LogP contribution in [0.25, 0.3) is 22.4 Å². The first-order valence-corrected chi connectivity index (χ1v) is 11.1. The van der Waals surface area contributed by atoms with Gasteiger partial charge in [-0.15, -0.1) is 10.2 Å². The summed E-state index contributed by atoms with van der Waals surface area (Å²) in [7, 11) is 1.58. The highest BCUT2D eigenvalue weighted by atomic mass is 16.7. The standard InChI is InChI=1S/C23H31N7O3/c1-31-17-33-22-5-3-2-4-19(22)21-14-20(23(24)28-27-21)18-15-26-30(16-18)11-13-32-12-10-29-8-6-25-7-9-29/h2-5,14-16,25H,6-13,17H2,1H3,(H2,24,28). The lowest BCUT2D eigenvalue weighted by atomic mass is 10.1. The van der Waals surface area contributed by atoms with Gasteiger partial charge in [0, 0.05) is 62.7 Å². The summed E-state index contributed by atoms with van der Waals surface area (Å²) < 4.78 is 18.4. The molecule has 10 nitrogen and oxygen atoms in total. The Bertz CT molecular complexity index is 1020. The van der Waals surface area contributed by atoms with Gasteiger partial charge in [-0.3, -0.25) is 9.58 Å². The number of hydrogen-bond donors (Lipinski definition) is 2. The van der Waals surface area contributed by atoms with Gasteiger partial charge in [-0.2, -0.15) is 5.10 Å². The molecule has 0 unspecified atom stereocenters. The number of anilines is 1. The number of benzene rings is 1. The monoisotopic (exact) mass is 453 g/mol. The number of ether oxygens (including phenoxy) is 3. The van der Waals surface area contributed by atoms with Gasteiger partial charge in [0.2, 0.25) is 0 Å². The van der Waals surface area contributed by atoms with Crippen LogP contribution in [0.15, 0.2) is 42.7 Å². The number of aromatic nitrogens is 4. The largest absolute Gasteiger partial charge is 0.467 e. The summed E-state index contributed by atoms with van der Waals surface area (Å²) in [5.41, 5.74) is 9.26. The van der Waals surface area contributed by atoms with E-state index in [-0.39, 0.29) is 6.79 Å². The van der Waals surface area contributed by atoms with Crippen molar-refractivity contribution in [2.24, 2.45) is 0 Å². The topological polar surface area (TPSA) is 113 Å². The second kappa shape index (κ2) is 11.7. The molecule has 4 rings (SSSR count). The van der Waals surface area contributed by atoms with E-state index in [9.17, 15) is 0 Å². The molecule has 176 valence electrons. The molecule has 0 bridgehead atoms. The van der Waals surface area contributed by atoms with E-state index in [1.165, 1.54) is 0 Å². The third-order valence-corrected chi connectivity index (χ3v) is 5.49. The average Bonchev–Trinajstić information content (AvgIpc) is 3.32. The molecule has 3 aromatic rings. The Labute approximate surface area is 193 Å². The van der Waals surface area contributed by atoms with Gasteiger partial charge in [0.15, 0.2) is 12.6 Å². The molecule has 0 atom stereocenters. The van der Waals surface area contributed by atoms with Crippen LogP contribution in [0.3, 0.4) is 0 Å². The average molecular weight is 454 g/mol. The molecule has 1 saturated heterocycles. The van der Waals surface area contributed by atoms with E-state index in [2.05, 4.69) is 25.5 Å². The van der Waals surface area contributed by atoms with Gasteiger partial charge in [-0.1, -0.05) is 12.1 Å². The lowest BCUT2D eigenvalue weighted by Gasteiger charge is -2.26. The molecular weight excluding hydrogens is 422 g/mol. The van der Waals surface area contributed by atoms with Crippen molar-refractivity contribution in [2.45, 2.75) is 6.54 Å². The van der Waals surface area contributed by atoms with E-state index in [0.29, 0.717) is 30.4 Å². The lowest BCUT2D eigenvalue weighted by molar-refractivity contribution is 0.0515. The number of nitrogens with zero attached hydrogens (tertiary/aromatic N) is 5. The van der Waals surface area contributed by atoms with Crippen molar-refractivity contribution in [1.82, 2.24) is 30.2 Å². The zero-order valence-corrected chi connectivity index (χ0v) is 18.9. The minimum atomic E-state index is 0.149. The first kappa shape index (κ1) is 23.1. The first-order valence-electron chi connectivity index (χ1n) is 11.1. The second-order valence-corrected chi connectivity index (χ2v) is 7.77. The van der Waals surface area contributed by atoms with Gasteiger partial charge in [-0.05, 0) is 18.2 Å². The second-order valence-electron chi connectivity index (χ2n) is 7.77. The number of hydrogen-bond acceptors (Lipinski definition) is 9. The third-order valence-electron chi connectivity index (χ3n) is 5.49. The van der Waals surface area contributed by atoms with Gasteiger partial charge in [0.25, 0.3) is 0 Å². The molecule has 0 amide bonds. The summed E-state index contributed by atoms with van der Waals surface area (Å²) in [6, 6.07) is 9.52. The number of piperazine rings is 1. The van der Waals surface area contributed by atoms with Crippen LogP contribution in [-0.2, 0) is 16.0 Å². The van der Waals surface area contributed by atoms with E-state index in [0.717, 1.165) is 56.0 Å². The molecule has 1 aromatic carbocycles. The summed E-state index contributed by atoms with van der Waals surface area (Å²) in [5.74, 6) is 1.01. The van der Waals surface area contributed by atoms with Crippen LogP contribution in [0.2, 0.25) is 0 Å². The number of nitrogens with two attached hydrogens (primary N) is 1. The van der Waals surface area contributed by atoms with Gasteiger partial charge < -0.3 is 25.3 Å². The SMILES string of the molecule is COCOc1ccccc1-c1cc(-c2cnn(CCOCCN3CCNCC3)c2)c(N)nn1. The summed E-state index contributed by atoms with van der Waals surface area (Å²) >= 11 is 0. The fraction of sp³-hybridized carbons (Fsp3) is 0.435. The highest BCUT2D eigenvalue weighted by molar-refractivity contribution is 5.78. The van der Waals surface area contributed by atoms with Gasteiger partial charge in [0.05, 0.1) is 31.6 Å². The van der Waals surface area contributed by atoms with E-state index < -0.39 is 0 Å². The zero-order valence-electron chi connectivity index (χ0n) is 18.9. The van der Waals surface area contributed by atoms with Crippen LogP contribution in [-0.4, -0.2) is 84.7 Å². The van der Waals surface area contributed by atoms with Crippen molar-refractivity contribution in [1.29, 1.82) is 0 Å². The van der Waals surface area contributed by atoms with Gasteiger partial charge >= 0.3 is 0 Å². The Morgan fingerprint density at radius 1 is 1.06 bits per heavy atom. The predicted molar refractivity (Wildman–Crippen MR) is 126 cm³/mol. The maximum Gasteiger partial charge on any atom is 0.188 e. The molecule has 1 fully saturated rings. The third kappa shape index (κ3) is 6.26. The Morgan fingerprint density at radius 3 is 2.73 bits per heavy atom. The van der Waals surface area contributed by atoms with Crippen LogP contribution in [0, 0.1) is 0 Å². The van der Waals surface area contributed by atoms with Crippen LogP contribution >= 0.6 is 0 Å². The van der Waals surface area contributed by atoms with Crippen LogP contribution in [0.1, 0.15) is 0 Å². The number of methoxy groups -OCH3 is 1. The Balaban J connectivity index is 1.38. The Morgan fingerprint density at radius 2 is 1.88 bits per heavy atom. The summed E-state index contributed by atoms with van der Waals surface area (Å²) in [4.78, 5) is 2.41. The molecule has 10 heteroatoms. The smallest absolute Gasteiger partial charge is 0.188 e. The van der Waals surface area contributed by atoms with Crippen molar-refractivity contribution in [3.05, 3.63) is 42.7 Å². The van der Waals surface area contributed by atoms with E-state index >= 15 is 0 Å². The molecule has 2 aromatic heterocycles. The number of rotatable bonds is 11. The van der Waals surface area contributed by atoms with Crippen LogP contribution in [0.4, 0.5) is 5.82 Å². The molecule has 1 aliphatic heterocycles. The zero-order chi connectivity index (χ0) is 22.9. The molecule has 33 heavy (non-hydrogen) atoms. The number of para-hydroxylation sites is 1. The Kier molecular flexibility index (Phi) is 8.20. The summed E-state index contributed by atoms with van der Waals surface area (Å²) in [5, 5.41) is 16.2. The predicted octanol–water partition coefficient (Wildman–Crippen LogP) is 1.49. The van der Waals surface area contributed by atoms with Crippen LogP contribution in [0.5, 0.6) is 5.75 Å². The van der Waals surface area contributed by atoms with E-state index in [1.54, 1.807) is 13.3 Å². The minimum Gasteiger partial charge on any atom is -0.467 e. The maximum atomic E-state index is 6.14. The highest BCUT2D eigenvalue weighted by Crippen LogP contribution is 2.32. The number of nitrogen functional groups attached to an aromatic ring is 1. The molecule has 0 spiro atoms. The Hall–Kier alpha value is -3.05. The summed E-state index contributed by atoms with van der Waals surface area (Å²) in [6.45, 7) is 7.38. The van der Waals surface area contributed by atoms with E-state index in [1.807, 2.05) is 41.2 Å². The molecule has 3 heterocycles. The molecule has 1 aliphatic rings. The maximum absolute atomic E-state index is 6.14.